The number of carbonyl (C=O) groups is 2. The average Bonchev–Trinajstić information content (AvgIpc) is 2.58. The lowest BCUT2D eigenvalue weighted by atomic mass is 9.95. The highest BCUT2D eigenvalue weighted by molar-refractivity contribution is 5.70. The van der Waals surface area contributed by atoms with Gasteiger partial charge in [-0.3, -0.25) is 9.59 Å². The molecule has 1 rings (SSSR count). The molecule has 1 unspecified atom stereocenters. The zero-order valence-electron chi connectivity index (χ0n) is 15.6. The zero-order chi connectivity index (χ0) is 18.0. The second-order valence-electron chi connectivity index (χ2n) is 7.00. The summed E-state index contributed by atoms with van der Waals surface area (Å²) < 4.78 is 0. The van der Waals surface area contributed by atoms with Gasteiger partial charge in [0.1, 0.15) is 0 Å². The number of carboxylic acid groups (broad SMARTS) is 2. The van der Waals surface area contributed by atoms with Crippen LogP contribution in [-0.2, 0) is 9.59 Å². The molecule has 0 aromatic rings. The van der Waals surface area contributed by atoms with E-state index in [-0.39, 0.29) is 12.3 Å². The topological polar surface area (TPSA) is 74.6 Å². The molecular weight excluding hydrogens is 304 g/mol. The van der Waals surface area contributed by atoms with Gasteiger partial charge in [0.25, 0.3) is 0 Å². The Bertz CT molecular complexity index is 299. The summed E-state index contributed by atoms with van der Waals surface area (Å²) in [5.41, 5.74) is 0. The summed E-state index contributed by atoms with van der Waals surface area (Å²) in [5.74, 6) is -2.00. The van der Waals surface area contributed by atoms with Gasteiger partial charge in [-0.15, -0.1) is 0 Å². The molecule has 24 heavy (non-hydrogen) atoms. The Balaban J connectivity index is 0.000000728. The Morgan fingerprint density at radius 3 is 1.67 bits per heavy atom. The maximum Gasteiger partial charge on any atom is 0.306 e. The molecule has 1 aliphatic rings. The van der Waals surface area contributed by atoms with Crippen LogP contribution >= 0.6 is 0 Å². The van der Waals surface area contributed by atoms with Gasteiger partial charge in [0.05, 0.1) is 5.92 Å². The van der Waals surface area contributed by atoms with E-state index in [0.717, 1.165) is 12.8 Å². The lowest BCUT2D eigenvalue weighted by Gasteiger charge is -2.11. The fraction of sp³-hybridized carbons (Fsp3) is 0.900. The average molecular weight is 343 g/mol. The van der Waals surface area contributed by atoms with Crippen molar-refractivity contribution in [2.24, 2.45) is 5.92 Å². The first-order valence-corrected chi connectivity index (χ1v) is 10.0. The maximum absolute atomic E-state index is 11.0. The smallest absolute Gasteiger partial charge is 0.306 e. The van der Waals surface area contributed by atoms with Crippen molar-refractivity contribution in [3.63, 3.8) is 0 Å². The first-order chi connectivity index (χ1) is 11.6. The van der Waals surface area contributed by atoms with E-state index >= 15 is 0 Å². The van der Waals surface area contributed by atoms with Crippen molar-refractivity contribution in [1.82, 2.24) is 0 Å². The van der Waals surface area contributed by atoms with Crippen LogP contribution < -0.4 is 0 Å². The monoisotopic (exact) mass is 342 g/mol. The summed E-state index contributed by atoms with van der Waals surface area (Å²) in [5, 5.41) is 17.5. The first-order valence-electron chi connectivity index (χ1n) is 10.0. The molecule has 1 aliphatic carbocycles. The van der Waals surface area contributed by atoms with Crippen LogP contribution in [0.5, 0.6) is 0 Å². The minimum atomic E-state index is -0.848. The van der Waals surface area contributed by atoms with Crippen LogP contribution in [-0.4, -0.2) is 22.2 Å². The van der Waals surface area contributed by atoms with E-state index in [1.807, 2.05) is 0 Å². The van der Waals surface area contributed by atoms with Crippen molar-refractivity contribution in [1.29, 1.82) is 0 Å². The van der Waals surface area contributed by atoms with Gasteiger partial charge in [0, 0.05) is 6.42 Å². The standard InChI is InChI=1S/C14H26O4.C6H12/c1-2-3-4-5-6-7-9-12(14(17)18)10-8-11-13(15)16;1-2-4-6-5-3-1/h12H,2-11H2,1H3,(H,15,16)(H,17,18);1-6H2. The van der Waals surface area contributed by atoms with Crippen LogP contribution in [0, 0.1) is 5.92 Å². The van der Waals surface area contributed by atoms with Crippen LogP contribution in [0.25, 0.3) is 0 Å². The molecule has 142 valence electrons. The number of hydrogen-bond donors (Lipinski definition) is 2. The quantitative estimate of drug-likeness (QED) is 0.424. The molecule has 2 N–H and O–H groups in total. The lowest BCUT2D eigenvalue weighted by Crippen LogP contribution is -2.14. The van der Waals surface area contributed by atoms with Crippen LogP contribution in [0.2, 0.25) is 0 Å². The third-order valence-corrected chi connectivity index (χ3v) is 4.70. The molecule has 4 heteroatoms. The van der Waals surface area contributed by atoms with Gasteiger partial charge in [-0.05, 0) is 19.3 Å². The molecular formula is C20H38O4. The molecule has 4 nitrogen and oxygen atoms in total. The maximum atomic E-state index is 11.0. The predicted molar refractivity (Wildman–Crippen MR) is 98.3 cm³/mol. The van der Waals surface area contributed by atoms with Crippen molar-refractivity contribution in [2.75, 3.05) is 0 Å². The Morgan fingerprint density at radius 1 is 0.750 bits per heavy atom. The van der Waals surface area contributed by atoms with Crippen LogP contribution in [0.4, 0.5) is 0 Å². The minimum Gasteiger partial charge on any atom is -0.481 e. The third-order valence-electron chi connectivity index (χ3n) is 4.70. The van der Waals surface area contributed by atoms with E-state index in [1.165, 1.54) is 64.2 Å². The summed E-state index contributed by atoms with van der Waals surface area (Å²) in [7, 11) is 0. The van der Waals surface area contributed by atoms with E-state index in [9.17, 15) is 9.59 Å². The summed E-state index contributed by atoms with van der Waals surface area (Å²) in [6, 6.07) is 0. The molecule has 0 radical (unpaired) electrons. The highest BCUT2D eigenvalue weighted by atomic mass is 16.4. The molecule has 0 aromatic heterocycles. The summed E-state index contributed by atoms with van der Waals surface area (Å²) >= 11 is 0. The highest BCUT2D eigenvalue weighted by Crippen LogP contribution is 2.18. The number of carboxylic acids is 2. The zero-order valence-corrected chi connectivity index (χ0v) is 15.6. The van der Waals surface area contributed by atoms with E-state index in [1.54, 1.807) is 0 Å². The molecule has 0 spiro atoms. The Kier molecular flexibility index (Phi) is 16.0. The molecule has 0 aromatic carbocycles. The van der Waals surface area contributed by atoms with Crippen LogP contribution in [0.1, 0.15) is 110 Å². The Labute approximate surface area is 148 Å². The van der Waals surface area contributed by atoms with Crippen molar-refractivity contribution >= 4 is 11.9 Å². The van der Waals surface area contributed by atoms with E-state index in [2.05, 4.69) is 6.92 Å². The third kappa shape index (κ3) is 15.8. The van der Waals surface area contributed by atoms with Gasteiger partial charge in [-0.1, -0.05) is 84.0 Å². The molecule has 0 heterocycles. The van der Waals surface area contributed by atoms with E-state index in [0.29, 0.717) is 19.3 Å². The molecule has 0 aliphatic heterocycles. The van der Waals surface area contributed by atoms with Crippen molar-refractivity contribution in [3.05, 3.63) is 0 Å². The van der Waals surface area contributed by atoms with Gasteiger partial charge >= 0.3 is 11.9 Å². The van der Waals surface area contributed by atoms with E-state index in [4.69, 9.17) is 10.2 Å². The Morgan fingerprint density at radius 2 is 1.21 bits per heavy atom. The van der Waals surface area contributed by atoms with Gasteiger partial charge in [0.15, 0.2) is 0 Å². The van der Waals surface area contributed by atoms with Crippen LogP contribution in [0.15, 0.2) is 0 Å². The van der Waals surface area contributed by atoms with E-state index < -0.39 is 11.9 Å². The van der Waals surface area contributed by atoms with Crippen molar-refractivity contribution in [3.8, 4) is 0 Å². The largest absolute Gasteiger partial charge is 0.481 e. The number of unbranched alkanes of at least 4 members (excludes halogenated alkanes) is 5. The molecule has 1 saturated carbocycles. The number of hydrogen-bond acceptors (Lipinski definition) is 2. The van der Waals surface area contributed by atoms with Crippen molar-refractivity contribution in [2.45, 2.75) is 110 Å². The summed E-state index contributed by atoms with van der Waals surface area (Å²) in [6.07, 6.45) is 17.6. The van der Waals surface area contributed by atoms with Gasteiger partial charge in [-0.25, -0.2) is 0 Å². The Hall–Kier alpha value is -1.06. The number of aliphatic carboxylic acids is 2. The molecule has 1 atom stereocenters. The summed E-state index contributed by atoms with van der Waals surface area (Å²) in [4.78, 5) is 21.4. The van der Waals surface area contributed by atoms with Crippen LogP contribution in [0.3, 0.4) is 0 Å². The number of rotatable bonds is 12. The van der Waals surface area contributed by atoms with Gasteiger partial charge in [0.2, 0.25) is 0 Å². The minimum absolute atomic E-state index is 0.0697. The second kappa shape index (κ2) is 16.8. The second-order valence-corrected chi connectivity index (χ2v) is 7.00. The highest BCUT2D eigenvalue weighted by Gasteiger charge is 2.16. The predicted octanol–water partition coefficient (Wildman–Crippen LogP) is 6.03. The van der Waals surface area contributed by atoms with Gasteiger partial charge in [-0.2, -0.15) is 0 Å². The fourth-order valence-corrected chi connectivity index (χ4v) is 3.12. The fourth-order valence-electron chi connectivity index (χ4n) is 3.12. The molecule has 0 bridgehead atoms. The molecule has 1 fully saturated rings. The normalized spacial score (nSPS) is 15.2. The first kappa shape index (κ1) is 22.9. The molecule has 0 saturated heterocycles. The lowest BCUT2D eigenvalue weighted by molar-refractivity contribution is -0.143. The SMILES string of the molecule is C1CCCCC1.CCCCCCCCC(CCCC(=O)O)C(=O)O. The van der Waals surface area contributed by atoms with Crippen molar-refractivity contribution < 1.29 is 19.8 Å². The molecule has 0 amide bonds. The van der Waals surface area contributed by atoms with Gasteiger partial charge < -0.3 is 10.2 Å². The summed E-state index contributed by atoms with van der Waals surface area (Å²) in [6.45, 7) is 2.17.